The molecule has 2 aliphatic rings. The van der Waals surface area contributed by atoms with Crippen molar-refractivity contribution in [2.45, 2.75) is 38.8 Å². The van der Waals surface area contributed by atoms with Gasteiger partial charge in [-0.2, -0.15) is 4.98 Å². The fraction of sp³-hybridized carbons (Fsp3) is 0.750. The van der Waals surface area contributed by atoms with E-state index >= 15 is 0 Å². The average molecular weight is 250 g/mol. The fourth-order valence-corrected chi connectivity index (χ4v) is 3.16. The monoisotopic (exact) mass is 250 g/mol. The number of rotatable bonds is 3. The minimum Gasteiger partial charge on any atom is -0.347 e. The highest BCUT2D eigenvalue weighted by molar-refractivity contribution is 5.82. The second kappa shape index (κ2) is 4.68. The third-order valence-electron chi connectivity index (χ3n) is 4.02. The van der Waals surface area contributed by atoms with Crippen molar-refractivity contribution in [3.05, 3.63) is 11.7 Å². The van der Waals surface area contributed by atoms with Crippen LogP contribution in [0.5, 0.6) is 0 Å². The second-order valence-electron chi connectivity index (χ2n) is 5.19. The Kier molecular flexibility index (Phi) is 3.03. The van der Waals surface area contributed by atoms with Crippen LogP contribution in [0.15, 0.2) is 4.52 Å². The zero-order valence-electron chi connectivity index (χ0n) is 10.5. The molecule has 3 atom stereocenters. The number of amides is 1. The molecule has 18 heavy (non-hydrogen) atoms. The van der Waals surface area contributed by atoms with E-state index in [1.54, 1.807) is 6.92 Å². The number of hydrogen-bond acceptors (Lipinski definition) is 5. The fourth-order valence-electron chi connectivity index (χ4n) is 3.16. The molecule has 6 heteroatoms. The van der Waals surface area contributed by atoms with Crippen LogP contribution in [0.3, 0.4) is 0 Å². The quantitative estimate of drug-likeness (QED) is 0.810. The summed E-state index contributed by atoms with van der Waals surface area (Å²) >= 11 is 0. The Morgan fingerprint density at radius 2 is 2.44 bits per heavy atom. The van der Waals surface area contributed by atoms with Gasteiger partial charge in [-0.25, -0.2) is 0 Å². The van der Waals surface area contributed by atoms with Crippen LogP contribution in [0.25, 0.3) is 0 Å². The third-order valence-corrected chi connectivity index (χ3v) is 4.02. The standard InChI is InChI=1S/C12H18N4O2/c1-7-15-10(16-18-7)6-14-12(17)11-9-4-2-3-8(9)5-13-11/h8-9,11,13H,2-6H2,1H3,(H,14,17). The molecule has 98 valence electrons. The molecular weight excluding hydrogens is 232 g/mol. The van der Waals surface area contributed by atoms with Crippen LogP contribution in [-0.4, -0.2) is 28.6 Å². The van der Waals surface area contributed by atoms with E-state index in [0.717, 1.165) is 13.0 Å². The van der Waals surface area contributed by atoms with Crippen molar-refractivity contribution in [3.8, 4) is 0 Å². The van der Waals surface area contributed by atoms with E-state index in [4.69, 9.17) is 4.52 Å². The summed E-state index contributed by atoms with van der Waals surface area (Å²) in [6.45, 7) is 3.05. The molecule has 1 aromatic rings. The van der Waals surface area contributed by atoms with Gasteiger partial charge in [0.2, 0.25) is 11.8 Å². The van der Waals surface area contributed by atoms with E-state index in [-0.39, 0.29) is 11.9 Å². The number of carbonyl (C=O) groups excluding carboxylic acids is 1. The summed E-state index contributed by atoms with van der Waals surface area (Å²) in [5.74, 6) is 2.31. The molecule has 0 radical (unpaired) electrons. The lowest BCUT2D eigenvalue weighted by molar-refractivity contribution is -0.124. The third kappa shape index (κ3) is 2.12. The molecule has 2 fully saturated rings. The smallest absolute Gasteiger partial charge is 0.237 e. The van der Waals surface area contributed by atoms with Gasteiger partial charge in [-0.05, 0) is 31.2 Å². The SMILES string of the molecule is Cc1nc(CNC(=O)C2NCC3CCCC32)no1. The van der Waals surface area contributed by atoms with Gasteiger partial charge in [0, 0.05) is 6.92 Å². The van der Waals surface area contributed by atoms with E-state index in [0.29, 0.717) is 30.1 Å². The van der Waals surface area contributed by atoms with E-state index < -0.39 is 0 Å². The highest BCUT2D eigenvalue weighted by Crippen LogP contribution is 2.37. The van der Waals surface area contributed by atoms with Crippen LogP contribution in [0, 0.1) is 18.8 Å². The van der Waals surface area contributed by atoms with Crippen LogP contribution in [0.2, 0.25) is 0 Å². The van der Waals surface area contributed by atoms with Gasteiger partial charge in [0.1, 0.15) is 0 Å². The van der Waals surface area contributed by atoms with E-state index in [2.05, 4.69) is 20.8 Å². The zero-order chi connectivity index (χ0) is 12.5. The Morgan fingerprint density at radius 1 is 1.56 bits per heavy atom. The van der Waals surface area contributed by atoms with E-state index in [1.807, 2.05) is 0 Å². The molecule has 0 bridgehead atoms. The van der Waals surface area contributed by atoms with Crippen molar-refractivity contribution in [1.82, 2.24) is 20.8 Å². The molecule has 1 aliphatic carbocycles. The number of hydrogen-bond donors (Lipinski definition) is 2. The number of aromatic nitrogens is 2. The summed E-state index contributed by atoms with van der Waals surface area (Å²) in [6, 6.07) is -0.0366. The summed E-state index contributed by atoms with van der Waals surface area (Å²) in [6.07, 6.45) is 3.67. The van der Waals surface area contributed by atoms with Crippen LogP contribution in [-0.2, 0) is 11.3 Å². The molecule has 3 unspecified atom stereocenters. The van der Waals surface area contributed by atoms with Gasteiger partial charge in [-0.15, -0.1) is 0 Å². The lowest BCUT2D eigenvalue weighted by Crippen LogP contribution is -2.43. The summed E-state index contributed by atoms with van der Waals surface area (Å²) in [5.41, 5.74) is 0. The molecule has 2 N–H and O–H groups in total. The van der Waals surface area contributed by atoms with Crippen molar-refractivity contribution < 1.29 is 9.32 Å². The first-order chi connectivity index (χ1) is 8.74. The second-order valence-corrected chi connectivity index (χ2v) is 5.19. The lowest BCUT2D eigenvalue weighted by atomic mass is 9.94. The van der Waals surface area contributed by atoms with Crippen molar-refractivity contribution in [2.75, 3.05) is 6.54 Å². The first-order valence-corrected chi connectivity index (χ1v) is 6.54. The highest BCUT2D eigenvalue weighted by Gasteiger charge is 2.42. The molecule has 0 spiro atoms. The Bertz CT molecular complexity index is 445. The Labute approximate surface area is 106 Å². The van der Waals surface area contributed by atoms with Gasteiger partial charge < -0.3 is 15.2 Å². The predicted molar refractivity (Wildman–Crippen MR) is 63.5 cm³/mol. The Hall–Kier alpha value is -1.43. The minimum atomic E-state index is -0.0366. The Balaban J connectivity index is 1.55. The van der Waals surface area contributed by atoms with Gasteiger partial charge >= 0.3 is 0 Å². The highest BCUT2D eigenvalue weighted by atomic mass is 16.5. The van der Waals surface area contributed by atoms with Crippen molar-refractivity contribution in [1.29, 1.82) is 0 Å². The van der Waals surface area contributed by atoms with Crippen LogP contribution in [0.4, 0.5) is 0 Å². The van der Waals surface area contributed by atoms with Crippen LogP contribution in [0.1, 0.15) is 31.0 Å². The maximum absolute atomic E-state index is 12.1. The van der Waals surface area contributed by atoms with Crippen LogP contribution < -0.4 is 10.6 Å². The van der Waals surface area contributed by atoms with E-state index in [9.17, 15) is 4.79 Å². The molecule has 1 aromatic heterocycles. The van der Waals surface area contributed by atoms with Gasteiger partial charge in [0.25, 0.3) is 0 Å². The van der Waals surface area contributed by atoms with Gasteiger partial charge in [0.05, 0.1) is 12.6 Å². The normalized spacial score (nSPS) is 30.4. The topological polar surface area (TPSA) is 80.0 Å². The maximum atomic E-state index is 12.1. The van der Waals surface area contributed by atoms with Crippen LogP contribution >= 0.6 is 0 Å². The summed E-state index contributed by atoms with van der Waals surface area (Å²) in [4.78, 5) is 16.2. The summed E-state index contributed by atoms with van der Waals surface area (Å²) < 4.78 is 4.86. The number of carbonyl (C=O) groups is 1. The van der Waals surface area contributed by atoms with Crippen molar-refractivity contribution in [2.24, 2.45) is 11.8 Å². The molecule has 1 saturated heterocycles. The predicted octanol–water partition coefficient (Wildman–Crippen LogP) is 0.382. The molecule has 0 aromatic carbocycles. The average Bonchev–Trinajstić information content (AvgIpc) is 3.01. The van der Waals surface area contributed by atoms with E-state index in [1.165, 1.54) is 12.8 Å². The number of nitrogens with zero attached hydrogens (tertiary/aromatic N) is 2. The van der Waals surface area contributed by atoms with Gasteiger partial charge in [-0.1, -0.05) is 11.6 Å². The molecule has 6 nitrogen and oxygen atoms in total. The van der Waals surface area contributed by atoms with Gasteiger partial charge in [-0.3, -0.25) is 4.79 Å². The minimum absolute atomic E-state index is 0.0366. The van der Waals surface area contributed by atoms with Crippen molar-refractivity contribution in [3.63, 3.8) is 0 Å². The molecule has 1 amide bonds. The van der Waals surface area contributed by atoms with Gasteiger partial charge in [0.15, 0.2) is 5.82 Å². The number of aryl methyl sites for hydroxylation is 1. The lowest BCUT2D eigenvalue weighted by Gasteiger charge is -2.17. The van der Waals surface area contributed by atoms with Crippen molar-refractivity contribution >= 4 is 5.91 Å². The first kappa shape index (κ1) is 11.6. The first-order valence-electron chi connectivity index (χ1n) is 6.54. The molecule has 2 heterocycles. The molecule has 3 rings (SSSR count). The molecule has 1 saturated carbocycles. The molecule has 1 aliphatic heterocycles. The summed E-state index contributed by atoms with van der Waals surface area (Å²) in [5, 5.41) is 9.96. The maximum Gasteiger partial charge on any atom is 0.237 e. The largest absolute Gasteiger partial charge is 0.347 e. The number of nitrogens with one attached hydrogen (secondary N) is 2. The number of fused-ring (bicyclic) bond motifs is 1. The zero-order valence-corrected chi connectivity index (χ0v) is 10.5. The summed E-state index contributed by atoms with van der Waals surface area (Å²) in [7, 11) is 0. The molecular formula is C12H18N4O2. The Morgan fingerprint density at radius 3 is 3.22 bits per heavy atom.